The molecule has 2 N–H and O–H groups in total. The Labute approximate surface area is 193 Å². The van der Waals surface area contributed by atoms with Crippen molar-refractivity contribution in [1.29, 1.82) is 0 Å². The summed E-state index contributed by atoms with van der Waals surface area (Å²) in [6.45, 7) is 0.212. The third kappa shape index (κ3) is 6.53. The summed E-state index contributed by atoms with van der Waals surface area (Å²) in [7, 11) is 1.47. The van der Waals surface area contributed by atoms with Gasteiger partial charge in [0.05, 0.1) is 28.4 Å². The molecule has 0 spiro atoms. The largest absolute Gasteiger partial charge is 0.495 e. The van der Waals surface area contributed by atoms with Crippen molar-refractivity contribution in [1.82, 2.24) is 5.32 Å². The summed E-state index contributed by atoms with van der Waals surface area (Å²) in [4.78, 5) is 35.9. The molecule has 3 aromatic rings. The van der Waals surface area contributed by atoms with Crippen LogP contribution in [0, 0.1) is 15.9 Å². The van der Waals surface area contributed by atoms with E-state index in [9.17, 15) is 24.1 Å². The number of nitrogens with zero attached hydrogens (tertiary/aromatic N) is 1. The first-order valence-electron chi connectivity index (χ1n) is 9.74. The molecule has 33 heavy (non-hydrogen) atoms. The van der Waals surface area contributed by atoms with E-state index in [4.69, 9.17) is 4.74 Å². The highest BCUT2D eigenvalue weighted by molar-refractivity contribution is 8.00. The average Bonchev–Trinajstić information content (AvgIpc) is 2.82. The lowest BCUT2D eigenvalue weighted by Crippen LogP contribution is -2.24. The molecule has 0 saturated carbocycles. The summed E-state index contributed by atoms with van der Waals surface area (Å²) in [5.41, 5.74) is 0.979. The number of ether oxygens (including phenoxy) is 1. The number of anilines is 1. The molecule has 0 saturated heterocycles. The third-order valence-electron chi connectivity index (χ3n) is 4.53. The molecule has 0 aliphatic heterocycles. The van der Waals surface area contributed by atoms with Crippen molar-refractivity contribution in [2.75, 3.05) is 18.2 Å². The monoisotopic (exact) mass is 469 g/mol. The fraction of sp³-hybridized carbons (Fsp3) is 0.130. The van der Waals surface area contributed by atoms with E-state index in [0.717, 1.165) is 17.3 Å². The molecule has 0 bridgehead atoms. The van der Waals surface area contributed by atoms with Gasteiger partial charge in [0.25, 0.3) is 11.6 Å². The maximum Gasteiger partial charge on any atom is 0.283 e. The van der Waals surface area contributed by atoms with Gasteiger partial charge in [0.2, 0.25) is 5.91 Å². The number of halogens is 1. The molecule has 0 aliphatic carbocycles. The van der Waals surface area contributed by atoms with Crippen LogP contribution in [0.2, 0.25) is 0 Å². The SMILES string of the molecule is COc1ccccc1NC(=O)c1ccc(SCC(=O)NCc2ccc(F)cc2)c([N+](=O)[O-])c1. The number of carbonyl (C=O) groups excluding carboxylic acids is 2. The number of nitrogens with one attached hydrogen (secondary N) is 2. The summed E-state index contributed by atoms with van der Waals surface area (Å²) >= 11 is 0.986. The minimum absolute atomic E-state index is 0.0607. The van der Waals surface area contributed by atoms with Crippen LogP contribution in [0.4, 0.5) is 15.8 Å². The molecule has 3 rings (SSSR count). The van der Waals surface area contributed by atoms with E-state index in [-0.39, 0.29) is 40.2 Å². The predicted octanol–water partition coefficient (Wildman–Crippen LogP) is 4.40. The maximum atomic E-state index is 12.9. The number of hydrogen-bond donors (Lipinski definition) is 2. The van der Waals surface area contributed by atoms with Gasteiger partial charge in [-0.05, 0) is 42.0 Å². The van der Waals surface area contributed by atoms with Gasteiger partial charge >= 0.3 is 0 Å². The van der Waals surface area contributed by atoms with Gasteiger partial charge in [0.1, 0.15) is 11.6 Å². The zero-order chi connectivity index (χ0) is 23.8. The molecular weight excluding hydrogens is 449 g/mol. The van der Waals surface area contributed by atoms with Crippen LogP contribution >= 0.6 is 11.8 Å². The van der Waals surface area contributed by atoms with Crippen LogP contribution in [-0.4, -0.2) is 29.6 Å². The first-order valence-corrected chi connectivity index (χ1v) is 10.7. The Morgan fingerprint density at radius 3 is 2.52 bits per heavy atom. The third-order valence-corrected chi connectivity index (χ3v) is 5.60. The minimum atomic E-state index is -0.599. The minimum Gasteiger partial charge on any atom is -0.495 e. The molecule has 0 aliphatic rings. The summed E-state index contributed by atoms with van der Waals surface area (Å²) in [5.74, 6) is -0.839. The molecule has 3 aromatic carbocycles. The van der Waals surface area contributed by atoms with Gasteiger partial charge in [0.15, 0.2) is 0 Å². The second-order valence-corrected chi connectivity index (χ2v) is 7.80. The van der Waals surface area contributed by atoms with E-state index in [0.29, 0.717) is 11.4 Å². The van der Waals surface area contributed by atoms with Gasteiger partial charge in [-0.2, -0.15) is 0 Å². The quantitative estimate of drug-likeness (QED) is 0.273. The van der Waals surface area contributed by atoms with Crippen molar-refractivity contribution < 1.29 is 23.6 Å². The molecule has 0 unspecified atom stereocenters. The normalized spacial score (nSPS) is 10.4. The van der Waals surface area contributed by atoms with E-state index in [1.807, 2.05) is 0 Å². The highest BCUT2D eigenvalue weighted by atomic mass is 32.2. The number of para-hydroxylation sites is 2. The second-order valence-electron chi connectivity index (χ2n) is 6.79. The number of benzene rings is 3. The fourth-order valence-corrected chi connectivity index (χ4v) is 3.70. The lowest BCUT2D eigenvalue weighted by atomic mass is 10.2. The van der Waals surface area contributed by atoms with Crippen LogP contribution < -0.4 is 15.4 Å². The number of methoxy groups -OCH3 is 1. The number of amides is 2. The van der Waals surface area contributed by atoms with Crippen LogP contribution in [0.1, 0.15) is 15.9 Å². The van der Waals surface area contributed by atoms with Crippen LogP contribution in [-0.2, 0) is 11.3 Å². The lowest BCUT2D eigenvalue weighted by molar-refractivity contribution is -0.387. The molecule has 0 heterocycles. The Hall–Kier alpha value is -3.92. The van der Waals surface area contributed by atoms with Crippen molar-refractivity contribution in [3.05, 3.63) is 93.8 Å². The molecule has 10 heteroatoms. The van der Waals surface area contributed by atoms with Gasteiger partial charge in [-0.3, -0.25) is 19.7 Å². The number of rotatable bonds is 9. The molecule has 0 fully saturated rings. The number of nitro groups is 1. The van der Waals surface area contributed by atoms with E-state index < -0.39 is 10.8 Å². The molecular formula is C23H20FN3O5S. The van der Waals surface area contributed by atoms with Crippen LogP contribution in [0.5, 0.6) is 5.75 Å². The van der Waals surface area contributed by atoms with Gasteiger partial charge in [-0.25, -0.2) is 4.39 Å². The highest BCUT2D eigenvalue weighted by Gasteiger charge is 2.19. The Morgan fingerprint density at radius 2 is 1.82 bits per heavy atom. The van der Waals surface area contributed by atoms with Crippen LogP contribution in [0.25, 0.3) is 0 Å². The van der Waals surface area contributed by atoms with Crippen LogP contribution in [0.15, 0.2) is 71.6 Å². The van der Waals surface area contributed by atoms with Gasteiger partial charge in [-0.15, -0.1) is 11.8 Å². The predicted molar refractivity (Wildman–Crippen MR) is 123 cm³/mol. The number of thioether (sulfide) groups is 1. The molecule has 170 valence electrons. The van der Waals surface area contributed by atoms with E-state index in [2.05, 4.69) is 10.6 Å². The van der Waals surface area contributed by atoms with Crippen molar-refractivity contribution >= 4 is 35.0 Å². The average molecular weight is 469 g/mol. The number of hydrogen-bond acceptors (Lipinski definition) is 6. The van der Waals surface area contributed by atoms with E-state index in [1.165, 1.54) is 37.4 Å². The zero-order valence-electron chi connectivity index (χ0n) is 17.5. The standard InChI is InChI=1S/C23H20FN3O5S/c1-32-20-5-3-2-4-18(20)26-23(29)16-8-11-21(19(12-16)27(30)31)33-14-22(28)25-13-15-6-9-17(24)10-7-15/h2-12H,13-14H2,1H3,(H,25,28)(H,26,29). The Kier molecular flexibility index (Phi) is 7.98. The zero-order valence-corrected chi connectivity index (χ0v) is 18.4. The lowest BCUT2D eigenvalue weighted by Gasteiger charge is -2.10. The van der Waals surface area contributed by atoms with Crippen LogP contribution in [0.3, 0.4) is 0 Å². The maximum absolute atomic E-state index is 12.9. The number of nitro benzene ring substituents is 1. The van der Waals surface area contributed by atoms with Crippen molar-refractivity contribution in [3.8, 4) is 5.75 Å². The molecule has 8 nitrogen and oxygen atoms in total. The van der Waals surface area contributed by atoms with Crippen molar-refractivity contribution in [2.45, 2.75) is 11.4 Å². The first-order chi connectivity index (χ1) is 15.9. The molecule has 0 aromatic heterocycles. The fourth-order valence-electron chi connectivity index (χ4n) is 2.86. The van der Waals surface area contributed by atoms with Crippen molar-refractivity contribution in [3.63, 3.8) is 0 Å². The van der Waals surface area contributed by atoms with E-state index in [1.54, 1.807) is 36.4 Å². The number of carbonyl (C=O) groups is 2. The summed E-state index contributed by atoms with van der Waals surface area (Å²) in [6, 6.07) is 16.6. The summed E-state index contributed by atoms with van der Waals surface area (Å²) < 4.78 is 18.1. The van der Waals surface area contributed by atoms with Crippen molar-refractivity contribution in [2.24, 2.45) is 0 Å². The van der Waals surface area contributed by atoms with Gasteiger partial charge in [0, 0.05) is 18.2 Å². The molecule has 0 atom stereocenters. The summed E-state index contributed by atoms with van der Waals surface area (Å²) in [6.07, 6.45) is 0. The van der Waals surface area contributed by atoms with Gasteiger partial charge < -0.3 is 15.4 Å². The van der Waals surface area contributed by atoms with E-state index >= 15 is 0 Å². The Bertz CT molecular complexity index is 1170. The first kappa shape index (κ1) is 23.7. The molecule has 2 amide bonds. The smallest absolute Gasteiger partial charge is 0.283 e. The summed E-state index contributed by atoms with van der Waals surface area (Å²) in [5, 5.41) is 16.9. The molecule has 0 radical (unpaired) electrons. The second kappa shape index (κ2) is 11.1. The Balaban J connectivity index is 1.64. The topological polar surface area (TPSA) is 111 Å². The van der Waals surface area contributed by atoms with Gasteiger partial charge in [-0.1, -0.05) is 24.3 Å². The highest BCUT2D eigenvalue weighted by Crippen LogP contribution is 2.31. The Morgan fingerprint density at radius 1 is 1.09 bits per heavy atom.